The van der Waals surface area contributed by atoms with Crippen molar-refractivity contribution < 1.29 is 0 Å². The first-order valence-electron chi connectivity index (χ1n) is 6.33. The van der Waals surface area contributed by atoms with Crippen LogP contribution in [0.25, 0.3) is 0 Å². The minimum Gasteiger partial charge on any atom is -0.224 e. The Morgan fingerprint density at radius 1 is 0.850 bits per heavy atom. The van der Waals surface area contributed by atoms with Gasteiger partial charge in [0.05, 0.1) is 0 Å². The number of hydrazine groups is 2. The fraction of sp³-hybridized carbons (Fsp3) is 0.133. The minimum atomic E-state index is 0.455. The Kier molecular flexibility index (Phi) is 6.01. The molecule has 0 bridgehead atoms. The molecule has 2 rings (SSSR count). The van der Waals surface area contributed by atoms with Crippen molar-refractivity contribution in [2.24, 2.45) is 0 Å². The third kappa shape index (κ3) is 4.94. The summed E-state index contributed by atoms with van der Waals surface area (Å²) in [5.41, 5.74) is 8.79. The van der Waals surface area contributed by atoms with Crippen LogP contribution in [0.3, 0.4) is 0 Å². The summed E-state index contributed by atoms with van der Waals surface area (Å²) in [6, 6.07) is 20.3. The number of nitrogens with one attached hydrogen (secondary N) is 2. The van der Waals surface area contributed by atoms with Crippen LogP contribution in [-0.2, 0) is 13.1 Å². The Balaban J connectivity index is 1.86. The summed E-state index contributed by atoms with van der Waals surface area (Å²) in [5, 5.41) is 1.67. The molecule has 0 aromatic heterocycles. The maximum absolute atomic E-state index is 5.11. The zero-order valence-corrected chi connectivity index (χ0v) is 12.7. The molecule has 0 saturated heterocycles. The van der Waals surface area contributed by atoms with Gasteiger partial charge in [0.1, 0.15) is 0 Å². The summed E-state index contributed by atoms with van der Waals surface area (Å²) in [4.78, 5) is 0. The molecule has 0 saturated carbocycles. The Labute approximate surface area is 130 Å². The van der Waals surface area contributed by atoms with E-state index in [0.29, 0.717) is 17.4 Å². The summed E-state index contributed by atoms with van der Waals surface area (Å²) < 4.78 is 0.455. The van der Waals surface area contributed by atoms with Crippen molar-refractivity contribution in [2.75, 3.05) is 0 Å². The highest BCUT2D eigenvalue weighted by atomic mass is 32.1. The quantitative estimate of drug-likeness (QED) is 0.434. The maximum Gasteiger partial charge on any atom is 0.163 e. The molecule has 0 fully saturated rings. The molecule has 0 amide bonds. The molecule has 104 valence electrons. The van der Waals surface area contributed by atoms with Crippen molar-refractivity contribution in [3.8, 4) is 0 Å². The van der Waals surface area contributed by atoms with Gasteiger partial charge in [-0.05, 0) is 23.3 Å². The third-order valence-electron chi connectivity index (χ3n) is 2.76. The maximum atomic E-state index is 5.11. The van der Waals surface area contributed by atoms with Gasteiger partial charge in [-0.2, -0.15) is 0 Å². The summed E-state index contributed by atoms with van der Waals surface area (Å²) in [6.45, 7) is 1.37. The molecule has 0 radical (unpaired) electrons. The Morgan fingerprint density at radius 2 is 1.25 bits per heavy atom. The molecule has 0 aliphatic carbocycles. The minimum absolute atomic E-state index is 0.455. The largest absolute Gasteiger partial charge is 0.224 e. The second-order valence-corrected chi connectivity index (χ2v) is 5.37. The normalized spacial score (nSPS) is 10.2. The smallest absolute Gasteiger partial charge is 0.163 e. The Bertz CT molecular complexity index is 488. The average molecular weight is 303 g/mol. The molecule has 2 aromatic carbocycles. The second-order valence-electron chi connectivity index (χ2n) is 4.26. The van der Waals surface area contributed by atoms with Crippen LogP contribution in [0.5, 0.6) is 0 Å². The fourth-order valence-corrected chi connectivity index (χ4v) is 1.99. The van der Waals surface area contributed by atoms with Gasteiger partial charge in [0, 0.05) is 13.1 Å². The van der Waals surface area contributed by atoms with Gasteiger partial charge in [-0.15, -0.1) is 12.6 Å². The molecule has 0 unspecified atom stereocenters. The molecular weight excluding hydrogens is 286 g/mol. The van der Waals surface area contributed by atoms with Gasteiger partial charge >= 0.3 is 0 Å². The lowest BCUT2D eigenvalue weighted by Gasteiger charge is -2.24. The van der Waals surface area contributed by atoms with Crippen LogP contribution in [0.15, 0.2) is 60.7 Å². The third-order valence-corrected chi connectivity index (χ3v) is 3.14. The number of hydrogen-bond donors (Lipinski definition) is 3. The zero-order chi connectivity index (χ0) is 14.2. The SMILES string of the molecule is S=C(S)N(NCc1ccccc1)NCc1ccccc1. The van der Waals surface area contributed by atoms with Crippen molar-refractivity contribution in [1.29, 1.82) is 0 Å². The number of thiol groups is 1. The monoisotopic (exact) mass is 303 g/mol. The number of benzene rings is 2. The standard InChI is InChI=1S/C15H17N3S2/c19-15(20)18(16-11-13-7-3-1-4-8-13)17-12-14-9-5-2-6-10-14/h1-10,16-17H,11-12H2,(H,19,20). The number of nitrogens with zero attached hydrogens (tertiary/aromatic N) is 1. The molecular formula is C15H17N3S2. The average Bonchev–Trinajstić information content (AvgIpc) is 2.49. The molecule has 2 N–H and O–H groups in total. The van der Waals surface area contributed by atoms with Gasteiger partial charge in [0.15, 0.2) is 4.32 Å². The summed E-state index contributed by atoms with van der Waals surface area (Å²) >= 11 is 9.33. The molecule has 20 heavy (non-hydrogen) atoms. The molecule has 2 aromatic rings. The topological polar surface area (TPSA) is 27.3 Å². The van der Waals surface area contributed by atoms with Crippen LogP contribution in [0.1, 0.15) is 11.1 Å². The first-order valence-corrected chi connectivity index (χ1v) is 7.19. The molecule has 0 spiro atoms. The van der Waals surface area contributed by atoms with Crippen LogP contribution in [0, 0.1) is 0 Å². The lowest BCUT2D eigenvalue weighted by Crippen LogP contribution is -2.48. The van der Waals surface area contributed by atoms with E-state index < -0.39 is 0 Å². The number of hydrogen-bond acceptors (Lipinski definition) is 3. The van der Waals surface area contributed by atoms with E-state index in [1.54, 1.807) is 5.12 Å². The van der Waals surface area contributed by atoms with E-state index in [2.05, 4.69) is 47.7 Å². The fourth-order valence-electron chi connectivity index (χ4n) is 1.72. The van der Waals surface area contributed by atoms with Gasteiger partial charge in [-0.3, -0.25) is 0 Å². The van der Waals surface area contributed by atoms with Crippen LogP contribution >= 0.6 is 24.8 Å². The predicted octanol–water partition coefficient (Wildman–Crippen LogP) is 2.91. The highest BCUT2D eigenvalue weighted by Gasteiger charge is 2.05. The van der Waals surface area contributed by atoms with Gasteiger partial charge in [-0.25, -0.2) is 16.0 Å². The summed E-state index contributed by atoms with van der Waals surface area (Å²) in [7, 11) is 0. The molecule has 0 aliphatic rings. The lowest BCUT2D eigenvalue weighted by molar-refractivity contribution is 0.222. The highest BCUT2D eigenvalue weighted by molar-refractivity contribution is 8.10. The molecule has 3 nitrogen and oxygen atoms in total. The van der Waals surface area contributed by atoms with Crippen molar-refractivity contribution in [2.45, 2.75) is 13.1 Å². The van der Waals surface area contributed by atoms with E-state index in [1.807, 2.05) is 36.4 Å². The van der Waals surface area contributed by atoms with Crippen LogP contribution < -0.4 is 10.9 Å². The van der Waals surface area contributed by atoms with E-state index in [0.717, 1.165) is 0 Å². The van der Waals surface area contributed by atoms with Crippen LogP contribution in [-0.4, -0.2) is 9.44 Å². The van der Waals surface area contributed by atoms with E-state index in [9.17, 15) is 0 Å². The first kappa shape index (κ1) is 15.0. The zero-order valence-electron chi connectivity index (χ0n) is 11.0. The van der Waals surface area contributed by atoms with Gasteiger partial charge in [0.2, 0.25) is 0 Å². The van der Waals surface area contributed by atoms with Crippen LogP contribution in [0.2, 0.25) is 0 Å². The number of thiocarbonyl (C=S) groups is 1. The summed E-state index contributed by atoms with van der Waals surface area (Å²) in [5.74, 6) is 0. The Morgan fingerprint density at radius 3 is 1.60 bits per heavy atom. The van der Waals surface area contributed by atoms with E-state index >= 15 is 0 Å². The highest BCUT2D eigenvalue weighted by Crippen LogP contribution is 2.01. The van der Waals surface area contributed by atoms with Gasteiger partial charge < -0.3 is 0 Å². The van der Waals surface area contributed by atoms with E-state index in [4.69, 9.17) is 12.2 Å². The van der Waals surface area contributed by atoms with Crippen molar-refractivity contribution in [3.05, 3.63) is 71.8 Å². The Hall–Kier alpha value is -1.40. The van der Waals surface area contributed by atoms with Crippen LogP contribution in [0.4, 0.5) is 0 Å². The van der Waals surface area contributed by atoms with Crippen molar-refractivity contribution in [1.82, 2.24) is 16.0 Å². The van der Waals surface area contributed by atoms with Gasteiger partial charge in [0.25, 0.3) is 0 Å². The van der Waals surface area contributed by atoms with Crippen molar-refractivity contribution >= 4 is 29.2 Å². The lowest BCUT2D eigenvalue weighted by atomic mass is 10.2. The predicted molar refractivity (Wildman–Crippen MR) is 90.0 cm³/mol. The van der Waals surface area contributed by atoms with E-state index in [1.165, 1.54) is 11.1 Å². The van der Waals surface area contributed by atoms with E-state index in [-0.39, 0.29) is 0 Å². The van der Waals surface area contributed by atoms with Crippen molar-refractivity contribution in [3.63, 3.8) is 0 Å². The number of rotatable bonds is 6. The summed E-state index contributed by atoms with van der Waals surface area (Å²) in [6.07, 6.45) is 0. The molecule has 5 heteroatoms. The molecule has 0 aliphatic heterocycles. The van der Waals surface area contributed by atoms with Gasteiger partial charge in [-0.1, -0.05) is 60.7 Å². The second kappa shape index (κ2) is 8.01. The molecule has 0 atom stereocenters. The molecule has 0 heterocycles. The first-order chi connectivity index (χ1) is 9.75.